The van der Waals surface area contributed by atoms with Crippen molar-refractivity contribution in [2.24, 2.45) is 0 Å². The molecule has 0 unspecified atom stereocenters. The van der Waals surface area contributed by atoms with Gasteiger partial charge in [0.05, 0.1) is 79.3 Å². The third-order valence-corrected chi connectivity index (χ3v) is 21.0. The van der Waals surface area contributed by atoms with Gasteiger partial charge in [-0.1, -0.05) is 314 Å². The van der Waals surface area contributed by atoms with Crippen molar-refractivity contribution in [3.63, 3.8) is 0 Å². The van der Waals surface area contributed by atoms with Crippen LogP contribution in [0.25, 0.3) is 0 Å². The van der Waals surface area contributed by atoms with Crippen LogP contribution in [-0.2, 0) is 103 Å². The minimum atomic E-state index is -4.04. The first-order valence-corrected chi connectivity index (χ1v) is 49.1. The normalized spacial score (nSPS) is 11.8. The number of hydrogen-bond donors (Lipinski definition) is 0. The van der Waals surface area contributed by atoms with Crippen molar-refractivity contribution in [1.82, 2.24) is 0 Å². The molecule has 0 aromatic heterocycles. The zero-order valence-electron chi connectivity index (χ0n) is 67.3. The average Bonchev–Trinajstić information content (AvgIpc) is 1.21. The van der Waals surface area contributed by atoms with Crippen molar-refractivity contribution in [2.75, 3.05) is 79.3 Å². The van der Waals surface area contributed by atoms with Crippen LogP contribution in [0.3, 0.4) is 0 Å². The molecule has 624 valence electrons. The topological polar surface area (TPSA) is 352 Å². The zero-order chi connectivity index (χ0) is 77.9. The largest absolute Gasteiger partial charge is 6.00 e. The predicted octanol–water partition coefficient (Wildman–Crippen LogP) is 21.9. The van der Waals surface area contributed by atoms with E-state index >= 15 is 0 Å². The van der Waals surface area contributed by atoms with Crippen molar-refractivity contribution in [1.29, 1.82) is 0 Å². The first-order chi connectivity index (χ1) is 48.7. The molecule has 0 amide bonds. The third kappa shape index (κ3) is 112. The van der Waals surface area contributed by atoms with Crippen LogP contribution in [-0.4, -0.2) is 79.3 Å². The van der Waals surface area contributed by atoms with Crippen molar-refractivity contribution < 1.29 is 132 Å². The molecule has 0 radical (unpaired) electrons. The molecule has 0 saturated carbocycles. The number of hydrogen-bond acceptors (Lipinski definition) is 24. The van der Waals surface area contributed by atoms with E-state index in [4.69, 9.17) is 54.3 Å². The SMILES string of the molecule is CCCCCCOP(=O)([O-])OCCCCCC.CCCCCCOP(=O)([O-])OCCCCCC.CCCCCCOP(=O)([O-])OCCCCCC.CCCCCCOP(=O)([O-])OCCCCCC.CCCCCCOP(=O)([O-])OCCCCCC.CCCCCCOP(=O)([O-])OCCCCCC.[Mo+6]. The van der Waals surface area contributed by atoms with Crippen LogP contribution in [0.1, 0.15) is 391 Å². The van der Waals surface area contributed by atoms with Crippen LogP contribution in [0.2, 0.25) is 0 Å². The van der Waals surface area contributed by atoms with Crippen molar-refractivity contribution >= 4 is 46.9 Å². The molecule has 0 aliphatic rings. The number of phosphoric ester groups is 6. The Morgan fingerprint density at radius 2 is 0.214 bits per heavy atom. The predicted molar refractivity (Wildman–Crippen MR) is 407 cm³/mol. The Labute approximate surface area is 645 Å². The molecule has 0 N–H and O–H groups in total. The Morgan fingerprint density at radius 3 is 0.272 bits per heavy atom. The molecule has 0 spiro atoms. The average molecular weight is 1690 g/mol. The van der Waals surface area contributed by atoms with E-state index in [1.807, 2.05) is 0 Å². The molecule has 0 bridgehead atoms. The molecule has 0 aromatic carbocycles. The van der Waals surface area contributed by atoms with Gasteiger partial charge >= 0.3 is 21.1 Å². The minimum Gasteiger partial charge on any atom is -0.756 e. The summed E-state index contributed by atoms with van der Waals surface area (Å²) in [5.74, 6) is 0. The Bertz CT molecular complexity index is 1490. The summed E-state index contributed by atoms with van der Waals surface area (Å²) in [7, 11) is -24.2. The van der Waals surface area contributed by atoms with E-state index in [1.54, 1.807) is 0 Å². The van der Waals surface area contributed by atoms with Crippen molar-refractivity contribution in [3.8, 4) is 0 Å². The first-order valence-electron chi connectivity index (χ1n) is 40.3. The summed E-state index contributed by atoms with van der Waals surface area (Å²) in [6.45, 7) is 28.3. The van der Waals surface area contributed by atoms with Gasteiger partial charge in [-0.05, 0) is 77.0 Å². The van der Waals surface area contributed by atoms with Gasteiger partial charge in [-0.15, -0.1) is 0 Å². The Kier molecular flexibility index (Phi) is 103. The van der Waals surface area contributed by atoms with Crippen LogP contribution in [0.5, 0.6) is 0 Å². The van der Waals surface area contributed by atoms with E-state index in [-0.39, 0.29) is 100 Å². The minimum absolute atomic E-state index is 0. The maximum Gasteiger partial charge on any atom is 6.00 e. The molecular formula is C72H156MoO24P6. The maximum absolute atomic E-state index is 11.3. The molecule has 24 nitrogen and oxygen atoms in total. The Morgan fingerprint density at radius 1 is 0.146 bits per heavy atom. The monoisotopic (exact) mass is 1690 g/mol. The maximum atomic E-state index is 11.3. The van der Waals surface area contributed by atoms with Gasteiger partial charge in [0, 0.05) is 0 Å². The molecule has 0 atom stereocenters. The van der Waals surface area contributed by atoms with Gasteiger partial charge in [-0.2, -0.15) is 0 Å². The van der Waals surface area contributed by atoms with Gasteiger partial charge in [0.1, 0.15) is 0 Å². The summed E-state index contributed by atoms with van der Waals surface area (Å²) < 4.78 is 125. The second kappa shape index (κ2) is 90.5. The summed E-state index contributed by atoms with van der Waals surface area (Å²) in [5.41, 5.74) is 0. The van der Waals surface area contributed by atoms with Gasteiger partial charge in [-0.25, -0.2) is 0 Å². The van der Waals surface area contributed by atoms with E-state index in [1.165, 1.54) is 0 Å². The van der Waals surface area contributed by atoms with Gasteiger partial charge in [0.2, 0.25) is 0 Å². The number of unbranched alkanes of at least 4 members (excludes halogenated alkanes) is 36. The van der Waals surface area contributed by atoms with E-state index in [0.717, 1.165) is 308 Å². The van der Waals surface area contributed by atoms with Gasteiger partial charge < -0.3 is 83.6 Å². The van der Waals surface area contributed by atoms with Crippen molar-refractivity contribution in [2.45, 2.75) is 391 Å². The van der Waals surface area contributed by atoms with E-state index in [9.17, 15) is 56.8 Å². The van der Waals surface area contributed by atoms with E-state index in [0.29, 0.717) is 0 Å². The summed E-state index contributed by atoms with van der Waals surface area (Å²) in [6.07, 6.45) is 48.3. The van der Waals surface area contributed by atoms with Crippen molar-refractivity contribution in [3.05, 3.63) is 0 Å². The molecular weight excluding hydrogens is 1530 g/mol. The Hall–Kier alpha value is 1.35. The van der Waals surface area contributed by atoms with Gasteiger partial charge in [0.15, 0.2) is 0 Å². The quantitative estimate of drug-likeness (QED) is 0.0310. The molecule has 0 saturated heterocycles. The Balaban J connectivity index is -0.000000214. The standard InChI is InChI=1S/6C12H27O4P.Mo/c6*1-3-5-7-9-11-15-17(13,14)16-12-10-8-6-4-2;/h6*3-12H2,1-2H3,(H,13,14);/q;;;;;;+6/p-6. The fraction of sp³-hybridized carbons (Fsp3) is 1.00. The van der Waals surface area contributed by atoms with Crippen LogP contribution in [0.15, 0.2) is 0 Å². The fourth-order valence-corrected chi connectivity index (χ4v) is 13.4. The second-order valence-corrected chi connectivity index (χ2v) is 33.9. The van der Waals surface area contributed by atoms with E-state index < -0.39 is 46.9 Å². The number of phosphoric acid groups is 6. The summed E-state index contributed by atoms with van der Waals surface area (Å²) in [4.78, 5) is 67.7. The van der Waals surface area contributed by atoms with Gasteiger partial charge in [-0.3, -0.25) is 27.4 Å². The van der Waals surface area contributed by atoms with Crippen LogP contribution < -0.4 is 29.4 Å². The molecule has 31 heteroatoms. The molecule has 0 aliphatic heterocycles. The molecule has 0 fully saturated rings. The third-order valence-electron chi connectivity index (χ3n) is 15.0. The fourth-order valence-electron chi connectivity index (χ4n) is 8.69. The summed E-state index contributed by atoms with van der Waals surface area (Å²) in [5, 5.41) is 0. The zero-order valence-corrected chi connectivity index (χ0v) is 74.7. The first kappa shape index (κ1) is 118. The summed E-state index contributed by atoms with van der Waals surface area (Å²) >= 11 is 0. The number of rotatable bonds is 72. The summed E-state index contributed by atoms with van der Waals surface area (Å²) in [6, 6.07) is 0. The molecule has 103 heavy (non-hydrogen) atoms. The van der Waals surface area contributed by atoms with E-state index in [2.05, 4.69) is 83.1 Å². The van der Waals surface area contributed by atoms with Crippen LogP contribution in [0, 0.1) is 0 Å². The molecule has 0 aliphatic carbocycles. The van der Waals surface area contributed by atoms with Gasteiger partial charge in [0.25, 0.3) is 46.9 Å². The second-order valence-electron chi connectivity index (χ2n) is 25.4. The molecule has 0 aromatic rings. The smallest absolute Gasteiger partial charge is 0.756 e. The molecule has 0 heterocycles. The van der Waals surface area contributed by atoms with Crippen LogP contribution in [0.4, 0.5) is 0 Å². The van der Waals surface area contributed by atoms with Crippen LogP contribution >= 0.6 is 46.9 Å². The molecule has 0 rings (SSSR count).